The molecule has 0 bridgehead atoms. The van der Waals surface area contributed by atoms with Crippen LogP contribution >= 0.6 is 11.9 Å². The van der Waals surface area contributed by atoms with E-state index in [2.05, 4.69) is 16.9 Å². The number of rotatable bonds is 6. The lowest BCUT2D eigenvalue weighted by atomic mass is 10.1. The van der Waals surface area contributed by atoms with Gasteiger partial charge in [-0.2, -0.15) is 0 Å². The van der Waals surface area contributed by atoms with Crippen LogP contribution in [0, 0.1) is 0 Å². The smallest absolute Gasteiger partial charge is 0.140 e. The van der Waals surface area contributed by atoms with Gasteiger partial charge >= 0.3 is 0 Å². The van der Waals surface area contributed by atoms with Crippen molar-refractivity contribution in [1.82, 2.24) is 4.98 Å². The number of nitrogens with zero attached hydrogens (tertiary/aromatic N) is 1. The second-order valence-corrected chi connectivity index (χ2v) is 6.75. The highest BCUT2D eigenvalue weighted by Crippen LogP contribution is 2.30. The molecule has 0 radical (unpaired) electrons. The van der Waals surface area contributed by atoms with Crippen molar-refractivity contribution in [3.63, 3.8) is 0 Å². The van der Waals surface area contributed by atoms with E-state index in [1.807, 2.05) is 91.0 Å². The Hall–Kier alpha value is -3.24. The molecule has 1 aromatic heterocycles. The lowest BCUT2D eigenvalue weighted by molar-refractivity contribution is 0.482. The largest absolute Gasteiger partial charge is 0.457 e. The third-order valence-corrected chi connectivity index (χ3v) is 4.68. The molecule has 0 unspecified atom stereocenters. The van der Waals surface area contributed by atoms with E-state index < -0.39 is 0 Å². The maximum atomic E-state index is 6.04. The predicted octanol–water partition coefficient (Wildman–Crippen LogP) is 6.66. The number of benzene rings is 3. The molecule has 4 heteroatoms. The van der Waals surface area contributed by atoms with Gasteiger partial charge in [-0.25, -0.2) is 4.98 Å². The monoisotopic (exact) mass is 370 g/mol. The van der Waals surface area contributed by atoms with E-state index in [0.29, 0.717) is 0 Å². The van der Waals surface area contributed by atoms with Crippen molar-refractivity contribution in [3.8, 4) is 22.8 Å². The molecule has 0 fully saturated rings. The summed E-state index contributed by atoms with van der Waals surface area (Å²) in [5.74, 6) is 2.28. The lowest BCUT2D eigenvalue weighted by Gasteiger charge is -2.11. The fourth-order valence-corrected chi connectivity index (χ4v) is 3.22. The Morgan fingerprint density at radius 2 is 1.30 bits per heavy atom. The molecule has 1 heterocycles. The van der Waals surface area contributed by atoms with E-state index >= 15 is 0 Å². The topological polar surface area (TPSA) is 34.1 Å². The zero-order chi connectivity index (χ0) is 18.3. The molecule has 3 aromatic carbocycles. The van der Waals surface area contributed by atoms with E-state index in [9.17, 15) is 0 Å². The van der Waals surface area contributed by atoms with E-state index in [1.54, 1.807) is 0 Å². The summed E-state index contributed by atoms with van der Waals surface area (Å²) in [6.07, 6.45) is 0. The first kappa shape index (κ1) is 17.2. The first-order chi connectivity index (χ1) is 13.4. The fraction of sp³-hybridized carbons (Fsp3) is 0. The van der Waals surface area contributed by atoms with Gasteiger partial charge in [0, 0.05) is 22.6 Å². The van der Waals surface area contributed by atoms with Crippen molar-refractivity contribution in [2.75, 3.05) is 4.72 Å². The van der Waals surface area contributed by atoms with Crippen LogP contribution in [0.3, 0.4) is 0 Å². The number of aromatic nitrogens is 1. The number of nitrogens with one attached hydrogen (secondary N) is 1. The van der Waals surface area contributed by atoms with Crippen LogP contribution in [0.5, 0.6) is 11.5 Å². The molecule has 0 saturated heterocycles. The minimum atomic E-state index is 0.742. The first-order valence-electron chi connectivity index (χ1n) is 8.65. The van der Waals surface area contributed by atoms with Crippen molar-refractivity contribution in [1.29, 1.82) is 0 Å². The van der Waals surface area contributed by atoms with Gasteiger partial charge in [-0.05, 0) is 36.2 Å². The minimum absolute atomic E-state index is 0.742. The van der Waals surface area contributed by atoms with Gasteiger partial charge < -0.3 is 9.46 Å². The van der Waals surface area contributed by atoms with Gasteiger partial charge in [0.05, 0.1) is 5.69 Å². The maximum absolute atomic E-state index is 6.04. The molecule has 0 amide bonds. The number of anilines is 1. The number of pyridine rings is 1. The summed E-state index contributed by atoms with van der Waals surface area (Å²) in [5, 5.41) is 0. The molecule has 4 aromatic rings. The normalized spacial score (nSPS) is 10.4. The van der Waals surface area contributed by atoms with Crippen molar-refractivity contribution in [2.24, 2.45) is 0 Å². The summed E-state index contributed by atoms with van der Waals surface area (Å²) in [6, 6.07) is 33.9. The first-order valence-corrected chi connectivity index (χ1v) is 9.47. The van der Waals surface area contributed by atoms with Crippen molar-refractivity contribution in [3.05, 3.63) is 103 Å². The molecule has 0 atom stereocenters. The summed E-state index contributed by atoms with van der Waals surface area (Å²) < 4.78 is 9.37. The highest BCUT2D eigenvalue weighted by Gasteiger charge is 2.07. The average molecular weight is 370 g/mol. The summed E-state index contributed by atoms with van der Waals surface area (Å²) in [6.45, 7) is 0. The van der Waals surface area contributed by atoms with Gasteiger partial charge in [-0.15, -0.1) is 0 Å². The van der Waals surface area contributed by atoms with Crippen LogP contribution in [0.4, 0.5) is 5.82 Å². The SMILES string of the molecule is c1ccc(Oc2cc(NSc3ccccc3)nc(-c3ccccc3)c2)cc1. The Morgan fingerprint density at radius 3 is 2.00 bits per heavy atom. The van der Waals surface area contributed by atoms with Gasteiger partial charge in [-0.1, -0.05) is 66.7 Å². The van der Waals surface area contributed by atoms with Gasteiger partial charge in [0.15, 0.2) is 0 Å². The number of hydrogen-bond donors (Lipinski definition) is 1. The molecular formula is C23H18N2OS. The average Bonchev–Trinajstić information content (AvgIpc) is 2.74. The summed E-state index contributed by atoms with van der Waals surface area (Å²) >= 11 is 1.52. The highest BCUT2D eigenvalue weighted by atomic mass is 32.2. The molecule has 132 valence electrons. The van der Waals surface area contributed by atoms with Crippen LogP contribution in [-0.2, 0) is 0 Å². The van der Waals surface area contributed by atoms with Crippen LogP contribution in [0.1, 0.15) is 0 Å². The van der Waals surface area contributed by atoms with Crippen molar-refractivity contribution >= 4 is 17.8 Å². The number of hydrogen-bond acceptors (Lipinski definition) is 4. The van der Waals surface area contributed by atoms with Crippen LogP contribution in [0.2, 0.25) is 0 Å². The minimum Gasteiger partial charge on any atom is -0.457 e. The van der Waals surface area contributed by atoms with Crippen LogP contribution in [-0.4, -0.2) is 4.98 Å². The predicted molar refractivity (Wildman–Crippen MR) is 112 cm³/mol. The molecular weight excluding hydrogens is 352 g/mol. The van der Waals surface area contributed by atoms with Gasteiger partial charge in [0.25, 0.3) is 0 Å². The number of para-hydroxylation sites is 1. The van der Waals surface area contributed by atoms with Gasteiger partial charge in [0.2, 0.25) is 0 Å². The molecule has 0 saturated carbocycles. The Kier molecular flexibility index (Phi) is 5.36. The number of ether oxygens (including phenoxy) is 1. The quantitative estimate of drug-likeness (QED) is 0.385. The van der Waals surface area contributed by atoms with E-state index in [4.69, 9.17) is 9.72 Å². The Bertz CT molecular complexity index is 993. The van der Waals surface area contributed by atoms with Crippen LogP contribution < -0.4 is 9.46 Å². The highest BCUT2D eigenvalue weighted by molar-refractivity contribution is 8.00. The molecule has 0 aliphatic carbocycles. The zero-order valence-corrected chi connectivity index (χ0v) is 15.4. The fourth-order valence-electron chi connectivity index (χ4n) is 2.60. The molecule has 0 spiro atoms. The van der Waals surface area contributed by atoms with Crippen LogP contribution in [0.25, 0.3) is 11.3 Å². The molecule has 0 aliphatic heterocycles. The molecule has 27 heavy (non-hydrogen) atoms. The third kappa shape index (κ3) is 4.68. The summed E-state index contributed by atoms with van der Waals surface area (Å²) in [5.41, 5.74) is 1.91. The van der Waals surface area contributed by atoms with E-state index in [-0.39, 0.29) is 0 Å². The third-order valence-electron chi connectivity index (χ3n) is 3.86. The molecule has 4 rings (SSSR count). The summed E-state index contributed by atoms with van der Waals surface area (Å²) in [7, 11) is 0. The Morgan fingerprint density at radius 1 is 0.667 bits per heavy atom. The molecule has 3 nitrogen and oxygen atoms in total. The Labute approximate surface area is 163 Å². The van der Waals surface area contributed by atoms with Crippen molar-refractivity contribution in [2.45, 2.75) is 4.90 Å². The lowest BCUT2D eigenvalue weighted by Crippen LogP contribution is -1.95. The van der Waals surface area contributed by atoms with Crippen LogP contribution in [0.15, 0.2) is 108 Å². The second kappa shape index (κ2) is 8.43. The maximum Gasteiger partial charge on any atom is 0.140 e. The van der Waals surface area contributed by atoms with Gasteiger partial charge in [-0.3, -0.25) is 0 Å². The summed E-state index contributed by atoms with van der Waals surface area (Å²) in [4.78, 5) is 5.87. The molecule has 1 N–H and O–H groups in total. The Balaban J connectivity index is 1.63. The van der Waals surface area contributed by atoms with E-state index in [1.165, 1.54) is 11.9 Å². The standard InChI is InChI=1S/C23H18N2OS/c1-4-10-18(11-5-1)22-16-20(26-19-12-6-2-7-13-19)17-23(24-22)25-27-21-14-8-3-9-15-21/h1-17H,(H,24,25). The van der Waals surface area contributed by atoms with E-state index in [0.717, 1.165) is 33.5 Å². The molecule has 0 aliphatic rings. The van der Waals surface area contributed by atoms with Gasteiger partial charge in [0.1, 0.15) is 17.3 Å². The second-order valence-electron chi connectivity index (χ2n) is 5.87. The zero-order valence-electron chi connectivity index (χ0n) is 14.6. The van der Waals surface area contributed by atoms with Crippen molar-refractivity contribution < 1.29 is 4.74 Å².